The van der Waals surface area contributed by atoms with Crippen LogP contribution >= 0.6 is 0 Å². The molecule has 1 aliphatic heterocycles. The van der Waals surface area contributed by atoms with Crippen molar-refractivity contribution in [3.05, 3.63) is 34.9 Å². The fourth-order valence-electron chi connectivity index (χ4n) is 4.66. The highest BCUT2D eigenvalue weighted by atomic mass is 16.5. The lowest BCUT2D eigenvalue weighted by atomic mass is 9.75. The number of aliphatic imine (C=N–C) groups is 2. The van der Waals surface area contributed by atoms with Crippen molar-refractivity contribution >= 4 is 11.5 Å². The number of rotatable bonds is 3. The Labute approximate surface area is 168 Å². The zero-order chi connectivity index (χ0) is 19.7. The molecule has 3 aliphatic rings. The molecule has 0 saturated heterocycles. The van der Waals surface area contributed by atoms with E-state index in [0.29, 0.717) is 23.8 Å². The van der Waals surface area contributed by atoms with Crippen molar-refractivity contribution in [2.24, 2.45) is 27.6 Å². The van der Waals surface area contributed by atoms with Gasteiger partial charge in [-0.25, -0.2) is 4.99 Å². The molecular weight excluding hydrogens is 346 g/mol. The van der Waals surface area contributed by atoms with Crippen molar-refractivity contribution in [3.63, 3.8) is 0 Å². The lowest BCUT2D eigenvalue weighted by Crippen LogP contribution is -2.36. The number of methoxy groups -OCH3 is 1. The number of nitrogens with zero attached hydrogens (tertiary/aromatic N) is 2. The molecule has 2 fully saturated rings. The molecule has 4 nitrogen and oxygen atoms in total. The van der Waals surface area contributed by atoms with E-state index in [1.165, 1.54) is 24.8 Å². The molecule has 1 heterocycles. The maximum absolute atomic E-state index is 6.23. The Hall–Kier alpha value is -2.12. The quantitative estimate of drug-likeness (QED) is 0.797. The first kappa shape index (κ1) is 19.2. The normalized spacial score (nSPS) is 30.1. The molecule has 1 aromatic rings. The molecule has 0 aromatic heterocycles. The lowest BCUT2D eigenvalue weighted by Gasteiger charge is -2.38. The summed E-state index contributed by atoms with van der Waals surface area (Å²) in [6.45, 7) is 4.12. The van der Waals surface area contributed by atoms with Gasteiger partial charge in [-0.3, -0.25) is 4.99 Å². The van der Waals surface area contributed by atoms with Crippen LogP contribution in [0.25, 0.3) is 0 Å². The van der Waals surface area contributed by atoms with Crippen LogP contribution in [-0.2, 0) is 10.4 Å². The fraction of sp³-hybridized carbons (Fsp3) is 0.583. The van der Waals surface area contributed by atoms with Gasteiger partial charge in [0.25, 0.3) is 0 Å². The highest BCUT2D eigenvalue weighted by Crippen LogP contribution is 2.47. The molecule has 0 spiro atoms. The van der Waals surface area contributed by atoms with Crippen LogP contribution in [0.3, 0.4) is 0 Å². The van der Waals surface area contributed by atoms with Crippen LogP contribution in [0.5, 0.6) is 0 Å². The van der Waals surface area contributed by atoms with Crippen molar-refractivity contribution in [2.75, 3.05) is 7.11 Å². The Morgan fingerprint density at radius 1 is 1.07 bits per heavy atom. The van der Waals surface area contributed by atoms with Crippen LogP contribution in [0.2, 0.25) is 0 Å². The Balaban J connectivity index is 1.72. The zero-order valence-corrected chi connectivity index (χ0v) is 17.3. The van der Waals surface area contributed by atoms with Gasteiger partial charge >= 0.3 is 0 Å². The van der Waals surface area contributed by atoms with Crippen LogP contribution in [0.4, 0.5) is 0 Å². The van der Waals surface area contributed by atoms with E-state index < -0.39 is 5.66 Å². The summed E-state index contributed by atoms with van der Waals surface area (Å²) in [5.41, 5.74) is 9.90. The second kappa shape index (κ2) is 7.72. The molecule has 0 bridgehead atoms. The predicted molar refractivity (Wildman–Crippen MR) is 115 cm³/mol. The summed E-state index contributed by atoms with van der Waals surface area (Å²) in [5.74, 6) is 8.31. The van der Waals surface area contributed by atoms with Gasteiger partial charge in [0, 0.05) is 30.1 Å². The van der Waals surface area contributed by atoms with Crippen LogP contribution in [0.15, 0.2) is 28.2 Å². The smallest absolute Gasteiger partial charge is 0.181 e. The van der Waals surface area contributed by atoms with Crippen molar-refractivity contribution in [1.29, 1.82) is 0 Å². The van der Waals surface area contributed by atoms with Gasteiger partial charge in [-0.15, -0.1) is 0 Å². The number of nitrogens with two attached hydrogens (primary N) is 1. The van der Waals surface area contributed by atoms with Gasteiger partial charge in [0.1, 0.15) is 5.84 Å². The predicted octanol–water partition coefficient (Wildman–Crippen LogP) is 4.34. The molecular formula is C24H31N3O. The van der Waals surface area contributed by atoms with E-state index in [1.807, 2.05) is 14.0 Å². The van der Waals surface area contributed by atoms with Crippen LogP contribution < -0.4 is 5.73 Å². The summed E-state index contributed by atoms with van der Waals surface area (Å²) in [5, 5.41) is 0. The van der Waals surface area contributed by atoms with E-state index >= 15 is 0 Å². The molecule has 1 atom stereocenters. The molecule has 28 heavy (non-hydrogen) atoms. The average molecular weight is 378 g/mol. The highest BCUT2D eigenvalue weighted by Gasteiger charge is 2.45. The van der Waals surface area contributed by atoms with Gasteiger partial charge in [-0.05, 0) is 70.1 Å². The first-order chi connectivity index (χ1) is 13.5. The van der Waals surface area contributed by atoms with E-state index in [4.69, 9.17) is 20.5 Å². The van der Waals surface area contributed by atoms with Crippen molar-refractivity contribution < 1.29 is 4.74 Å². The Morgan fingerprint density at radius 2 is 1.82 bits per heavy atom. The van der Waals surface area contributed by atoms with Gasteiger partial charge in [0.2, 0.25) is 0 Å². The number of ether oxygens (including phenoxy) is 1. The minimum atomic E-state index is -0.606. The number of amidine groups is 1. The molecule has 4 rings (SSSR count). The van der Waals surface area contributed by atoms with Crippen molar-refractivity contribution in [2.45, 2.75) is 70.6 Å². The van der Waals surface area contributed by atoms with Crippen molar-refractivity contribution in [3.8, 4) is 11.8 Å². The van der Waals surface area contributed by atoms with Gasteiger partial charge < -0.3 is 10.5 Å². The molecule has 4 heteroatoms. The van der Waals surface area contributed by atoms with Gasteiger partial charge in [-0.1, -0.05) is 24.3 Å². The average Bonchev–Trinajstić information content (AvgIpc) is 2.97. The van der Waals surface area contributed by atoms with Gasteiger partial charge in [-0.2, -0.15) is 0 Å². The van der Waals surface area contributed by atoms with Crippen LogP contribution in [-0.4, -0.2) is 24.8 Å². The molecule has 0 radical (unpaired) electrons. The number of hydrogen-bond acceptors (Lipinski definition) is 4. The number of benzene rings is 1. The monoisotopic (exact) mass is 377 g/mol. The second-order valence-electron chi connectivity index (χ2n) is 8.56. The number of aryl methyl sites for hydroxylation is 1. The molecule has 0 amide bonds. The minimum Gasteiger partial charge on any atom is -0.382 e. The summed E-state index contributed by atoms with van der Waals surface area (Å²) in [4.78, 5) is 10.0. The van der Waals surface area contributed by atoms with E-state index in [9.17, 15) is 0 Å². The van der Waals surface area contributed by atoms with Crippen LogP contribution in [0, 0.1) is 30.6 Å². The third-order valence-corrected chi connectivity index (χ3v) is 6.74. The summed E-state index contributed by atoms with van der Waals surface area (Å²) in [6, 6.07) is 6.50. The fourth-order valence-corrected chi connectivity index (χ4v) is 4.66. The maximum Gasteiger partial charge on any atom is 0.181 e. The Kier molecular flexibility index (Phi) is 5.29. The molecule has 148 valence electrons. The molecule has 2 saturated carbocycles. The van der Waals surface area contributed by atoms with E-state index in [2.05, 4.69) is 37.0 Å². The second-order valence-corrected chi connectivity index (χ2v) is 8.56. The van der Waals surface area contributed by atoms with E-state index in [0.717, 1.165) is 42.5 Å². The number of hydrogen-bond donors (Lipinski definition) is 1. The summed E-state index contributed by atoms with van der Waals surface area (Å²) in [7, 11) is 1.81. The van der Waals surface area contributed by atoms with Gasteiger partial charge in [0.15, 0.2) is 5.66 Å². The third kappa shape index (κ3) is 3.49. The molecule has 2 aliphatic carbocycles. The summed E-state index contributed by atoms with van der Waals surface area (Å²) >= 11 is 0. The first-order valence-electron chi connectivity index (χ1n) is 10.6. The maximum atomic E-state index is 6.23. The summed E-state index contributed by atoms with van der Waals surface area (Å²) in [6.07, 6.45) is 8.33. The SMILES string of the molecule is COC1CCC(C2(c3cc(C#CC4CCC4)ccc3C)N=C(C)C(N)=N2)CC1. The largest absolute Gasteiger partial charge is 0.382 e. The van der Waals surface area contributed by atoms with Gasteiger partial charge in [0.05, 0.1) is 11.8 Å². The standard InChI is InChI=1S/C24H31N3O/c1-16-7-8-19(10-9-18-5-4-6-18)15-22(16)24(26-17(2)23(25)27-24)20-11-13-21(28-3)14-12-20/h7-8,15,18,20-21H,4-6,11-14H2,1-3H3,(H2,25,27). The van der Waals surface area contributed by atoms with Crippen molar-refractivity contribution in [1.82, 2.24) is 0 Å². The molecule has 2 N–H and O–H groups in total. The van der Waals surface area contributed by atoms with E-state index in [-0.39, 0.29) is 0 Å². The third-order valence-electron chi connectivity index (χ3n) is 6.74. The Bertz CT molecular complexity index is 844. The highest BCUT2D eigenvalue weighted by molar-refractivity contribution is 6.41. The topological polar surface area (TPSA) is 60.0 Å². The summed E-state index contributed by atoms with van der Waals surface area (Å²) < 4.78 is 5.58. The first-order valence-corrected chi connectivity index (χ1v) is 10.6. The van der Waals surface area contributed by atoms with Crippen LogP contribution in [0.1, 0.15) is 68.6 Å². The zero-order valence-electron chi connectivity index (χ0n) is 17.3. The minimum absolute atomic E-state index is 0.337. The lowest BCUT2D eigenvalue weighted by molar-refractivity contribution is 0.0426. The Morgan fingerprint density at radius 3 is 2.39 bits per heavy atom. The van der Waals surface area contributed by atoms with E-state index in [1.54, 1.807) is 0 Å². The molecule has 1 aromatic carbocycles. The molecule has 1 unspecified atom stereocenters.